The summed E-state index contributed by atoms with van der Waals surface area (Å²) in [6.45, 7) is -0.720. The molecule has 2 amide bonds. The molecule has 35 heavy (non-hydrogen) atoms. The molecule has 2 aromatic rings. The molecule has 0 aromatic heterocycles. The van der Waals surface area contributed by atoms with Gasteiger partial charge < -0.3 is 20.1 Å². The lowest BCUT2D eigenvalue weighted by Crippen LogP contribution is -2.44. The number of fused-ring (bicyclic) bond motifs is 3. The summed E-state index contributed by atoms with van der Waals surface area (Å²) in [5.74, 6) is -5.91. The highest BCUT2D eigenvalue weighted by Gasteiger charge is 2.51. The van der Waals surface area contributed by atoms with Crippen molar-refractivity contribution in [2.75, 3.05) is 13.2 Å². The monoisotopic (exact) mass is 484 g/mol. The van der Waals surface area contributed by atoms with E-state index in [0.29, 0.717) is 12.8 Å². The molecule has 2 N–H and O–H groups in total. The minimum Gasteiger partial charge on any atom is -0.480 e. The van der Waals surface area contributed by atoms with Crippen LogP contribution in [0, 0.1) is 5.92 Å². The zero-order valence-corrected chi connectivity index (χ0v) is 19.0. The Morgan fingerprint density at radius 1 is 1.03 bits per heavy atom. The van der Waals surface area contributed by atoms with Gasteiger partial charge in [-0.3, -0.25) is 4.79 Å². The Bertz CT molecular complexity index is 1120. The van der Waals surface area contributed by atoms with E-state index in [0.717, 1.165) is 27.2 Å². The number of nitrogens with zero attached hydrogens (tertiary/aromatic N) is 1. The van der Waals surface area contributed by atoms with Gasteiger partial charge in [0, 0.05) is 24.3 Å². The Labute approximate surface area is 201 Å². The predicted octanol–water partition coefficient (Wildman–Crippen LogP) is 4.01. The molecule has 0 bridgehead atoms. The first-order chi connectivity index (χ1) is 16.7. The van der Waals surface area contributed by atoms with Gasteiger partial charge >= 0.3 is 12.1 Å². The largest absolute Gasteiger partial charge is 0.480 e. The fourth-order valence-electron chi connectivity index (χ4n) is 5.65. The van der Waals surface area contributed by atoms with Crippen molar-refractivity contribution >= 4 is 18.0 Å². The molecule has 1 saturated heterocycles. The molecule has 5 rings (SSSR count). The molecule has 184 valence electrons. The van der Waals surface area contributed by atoms with Crippen LogP contribution in [0.3, 0.4) is 0 Å². The fraction of sp³-hybridized carbons (Fsp3) is 0.423. The van der Waals surface area contributed by atoms with Crippen LogP contribution in [0.15, 0.2) is 48.5 Å². The van der Waals surface area contributed by atoms with E-state index in [1.165, 1.54) is 0 Å². The summed E-state index contributed by atoms with van der Waals surface area (Å²) in [6.07, 6.45) is -0.329. The van der Waals surface area contributed by atoms with Gasteiger partial charge in [-0.2, -0.15) is 0 Å². The molecule has 1 heterocycles. The number of likely N-dealkylation sites (tertiary alicyclic amines) is 1. The first-order valence-corrected chi connectivity index (χ1v) is 11.8. The summed E-state index contributed by atoms with van der Waals surface area (Å²) in [5, 5.41) is 12.0. The van der Waals surface area contributed by atoms with Crippen LogP contribution in [-0.4, -0.2) is 59.1 Å². The van der Waals surface area contributed by atoms with Crippen molar-refractivity contribution < 1.29 is 33.0 Å². The number of hydrogen-bond donors (Lipinski definition) is 2. The highest BCUT2D eigenvalue weighted by atomic mass is 19.3. The highest BCUT2D eigenvalue weighted by molar-refractivity contribution is 5.86. The topological polar surface area (TPSA) is 95.9 Å². The van der Waals surface area contributed by atoms with Gasteiger partial charge in [0.05, 0.1) is 6.54 Å². The van der Waals surface area contributed by atoms with Gasteiger partial charge in [-0.1, -0.05) is 48.5 Å². The molecule has 0 unspecified atom stereocenters. The van der Waals surface area contributed by atoms with Crippen LogP contribution in [0.5, 0.6) is 0 Å². The number of aliphatic carboxylic acids is 1. The molecule has 2 aliphatic carbocycles. The summed E-state index contributed by atoms with van der Waals surface area (Å²) in [6, 6.07) is 14.2. The maximum Gasteiger partial charge on any atom is 0.407 e. The number of rotatable bonds is 5. The van der Waals surface area contributed by atoms with E-state index in [-0.39, 0.29) is 25.0 Å². The molecule has 2 aromatic carbocycles. The minimum atomic E-state index is -3.21. The molecule has 7 nitrogen and oxygen atoms in total. The zero-order chi connectivity index (χ0) is 24.7. The highest BCUT2D eigenvalue weighted by Crippen LogP contribution is 2.44. The van der Waals surface area contributed by atoms with Crippen LogP contribution in [0.4, 0.5) is 13.6 Å². The van der Waals surface area contributed by atoms with Crippen LogP contribution >= 0.6 is 0 Å². The van der Waals surface area contributed by atoms with E-state index in [9.17, 15) is 28.3 Å². The standard InChI is InChI=1S/C26H26F2N2O5/c27-26(28)12-22(24(32)33)30(14-26)23(31)15-9-10-16(11-15)29-25(34)35-13-21-19-7-3-1-5-17(19)18-6-2-4-8-20(18)21/h1-8,15-16,21-22H,9-14H2,(H,29,34)(H,32,33)/t15-,16+,22-/m1/s1. The number of alkyl halides is 2. The van der Waals surface area contributed by atoms with Crippen molar-refractivity contribution in [1.29, 1.82) is 0 Å². The van der Waals surface area contributed by atoms with E-state index in [1.807, 2.05) is 36.4 Å². The Balaban J connectivity index is 1.17. The lowest BCUT2D eigenvalue weighted by Gasteiger charge is -2.24. The minimum absolute atomic E-state index is 0.0733. The van der Waals surface area contributed by atoms with E-state index >= 15 is 0 Å². The van der Waals surface area contributed by atoms with Gasteiger partial charge in [-0.05, 0) is 41.5 Å². The molecule has 9 heteroatoms. The summed E-state index contributed by atoms with van der Waals surface area (Å²) in [7, 11) is 0. The van der Waals surface area contributed by atoms with Crippen LogP contribution < -0.4 is 5.32 Å². The number of hydrogen-bond acceptors (Lipinski definition) is 4. The van der Waals surface area contributed by atoms with E-state index in [1.54, 1.807) is 0 Å². The third-order valence-electron chi connectivity index (χ3n) is 7.29. The molecular weight excluding hydrogens is 458 g/mol. The van der Waals surface area contributed by atoms with Crippen LogP contribution in [0.25, 0.3) is 11.1 Å². The molecule has 0 radical (unpaired) electrons. The van der Waals surface area contributed by atoms with Gasteiger partial charge in [0.25, 0.3) is 5.92 Å². The Hall–Kier alpha value is -3.49. The number of carboxylic acids is 1. The fourth-order valence-corrected chi connectivity index (χ4v) is 5.65. The number of benzene rings is 2. The van der Waals surface area contributed by atoms with Crippen molar-refractivity contribution in [2.45, 2.75) is 49.6 Å². The number of carbonyl (C=O) groups is 3. The third-order valence-corrected chi connectivity index (χ3v) is 7.29. The summed E-state index contributed by atoms with van der Waals surface area (Å²) in [4.78, 5) is 37.5. The van der Waals surface area contributed by atoms with E-state index in [2.05, 4.69) is 17.4 Å². The first kappa shape index (κ1) is 23.3. The second kappa shape index (κ2) is 8.94. The number of carboxylic acid groups (broad SMARTS) is 1. The quantitative estimate of drug-likeness (QED) is 0.669. The normalized spacial score (nSPS) is 24.6. The van der Waals surface area contributed by atoms with Crippen LogP contribution in [-0.2, 0) is 14.3 Å². The smallest absolute Gasteiger partial charge is 0.407 e. The van der Waals surface area contributed by atoms with Crippen LogP contribution in [0.1, 0.15) is 42.7 Å². The molecule has 2 fully saturated rings. The van der Waals surface area contributed by atoms with Gasteiger partial charge in [0.15, 0.2) is 0 Å². The number of carbonyl (C=O) groups excluding carboxylic acids is 2. The second-order valence-electron chi connectivity index (χ2n) is 9.56. The second-order valence-corrected chi connectivity index (χ2v) is 9.56. The van der Waals surface area contributed by atoms with Crippen molar-refractivity contribution in [3.05, 3.63) is 59.7 Å². The molecule has 3 aliphatic rings. The molecule has 0 spiro atoms. The average Bonchev–Trinajstić information content (AvgIpc) is 3.51. The lowest BCUT2D eigenvalue weighted by molar-refractivity contribution is -0.149. The molecule has 1 aliphatic heterocycles. The van der Waals surface area contributed by atoms with Crippen molar-refractivity contribution in [3.8, 4) is 11.1 Å². The average molecular weight is 484 g/mol. The first-order valence-electron chi connectivity index (χ1n) is 11.8. The third kappa shape index (κ3) is 4.47. The maximum absolute atomic E-state index is 13.8. The number of amides is 2. The van der Waals surface area contributed by atoms with Crippen molar-refractivity contribution in [2.24, 2.45) is 5.92 Å². The number of alkyl carbamates (subject to hydrolysis) is 1. The van der Waals surface area contributed by atoms with E-state index in [4.69, 9.17) is 4.74 Å². The molecule has 3 atom stereocenters. The zero-order valence-electron chi connectivity index (χ0n) is 19.0. The lowest BCUT2D eigenvalue weighted by atomic mass is 9.98. The Morgan fingerprint density at radius 2 is 1.66 bits per heavy atom. The number of nitrogens with one attached hydrogen (secondary N) is 1. The van der Waals surface area contributed by atoms with Crippen LogP contribution in [0.2, 0.25) is 0 Å². The van der Waals surface area contributed by atoms with Gasteiger partial charge in [-0.15, -0.1) is 0 Å². The van der Waals surface area contributed by atoms with Gasteiger partial charge in [-0.25, -0.2) is 18.4 Å². The molecular formula is C26H26F2N2O5. The predicted molar refractivity (Wildman–Crippen MR) is 122 cm³/mol. The number of halogens is 2. The summed E-state index contributed by atoms with van der Waals surface area (Å²) < 4.78 is 33.1. The Morgan fingerprint density at radius 3 is 2.29 bits per heavy atom. The molecule has 1 saturated carbocycles. The van der Waals surface area contributed by atoms with Gasteiger partial charge in [0.1, 0.15) is 12.6 Å². The summed E-state index contributed by atoms with van der Waals surface area (Å²) in [5.41, 5.74) is 4.45. The number of ether oxygens (including phenoxy) is 1. The van der Waals surface area contributed by atoms with Crippen molar-refractivity contribution in [1.82, 2.24) is 10.2 Å². The SMILES string of the molecule is O=C(N[C@H]1CC[C@@H](C(=O)N2CC(F)(F)C[C@@H]2C(=O)O)C1)OCC1c2ccccc2-c2ccccc21. The van der Waals surface area contributed by atoms with Gasteiger partial charge in [0.2, 0.25) is 5.91 Å². The maximum atomic E-state index is 13.8. The summed E-state index contributed by atoms with van der Waals surface area (Å²) >= 11 is 0. The Kier molecular flexibility index (Phi) is 5.94. The van der Waals surface area contributed by atoms with Crippen molar-refractivity contribution in [3.63, 3.8) is 0 Å². The van der Waals surface area contributed by atoms with E-state index < -0.39 is 48.8 Å².